The molecule has 0 spiro atoms. The van der Waals surface area contributed by atoms with Gasteiger partial charge in [0.25, 0.3) is 0 Å². The fourth-order valence-electron chi connectivity index (χ4n) is 5.82. The topological polar surface area (TPSA) is 128 Å². The Labute approximate surface area is 238 Å². The fraction of sp³-hybridized carbons (Fsp3) is 0.419. The fourth-order valence-corrected chi connectivity index (χ4v) is 5.82. The van der Waals surface area contributed by atoms with Crippen molar-refractivity contribution in [3.63, 3.8) is 0 Å². The number of fused-ring (bicyclic) bond motifs is 1. The van der Waals surface area contributed by atoms with Gasteiger partial charge < -0.3 is 10.6 Å². The SMILES string of the molecule is Cc1nc(F)ccc1[C@H](Nc1cc(C#N)c2ncc(C#N)c(NC(C)C(C)(C)C)c2c1)c1cn(C23CC(C2)C3)nn1. The lowest BCUT2D eigenvalue weighted by Gasteiger charge is -2.61. The first-order chi connectivity index (χ1) is 19.5. The first-order valence-corrected chi connectivity index (χ1v) is 13.9. The Kier molecular flexibility index (Phi) is 6.18. The largest absolute Gasteiger partial charge is 0.380 e. The van der Waals surface area contributed by atoms with Crippen LogP contribution >= 0.6 is 0 Å². The molecule has 9 nitrogen and oxygen atoms in total. The summed E-state index contributed by atoms with van der Waals surface area (Å²) in [6, 6.07) is 10.7. The summed E-state index contributed by atoms with van der Waals surface area (Å²) in [6.45, 7) is 10.2. The maximum absolute atomic E-state index is 14.0. The quantitative estimate of drug-likeness (QED) is 0.270. The molecule has 0 aliphatic heterocycles. The van der Waals surface area contributed by atoms with Gasteiger partial charge in [0, 0.05) is 34.6 Å². The zero-order valence-corrected chi connectivity index (χ0v) is 23.8. The molecule has 7 rings (SSSR count). The first-order valence-electron chi connectivity index (χ1n) is 13.9. The van der Waals surface area contributed by atoms with Crippen LogP contribution in [0.4, 0.5) is 15.8 Å². The van der Waals surface area contributed by atoms with Crippen LogP contribution in [-0.2, 0) is 5.54 Å². The Morgan fingerprint density at radius 2 is 1.83 bits per heavy atom. The maximum Gasteiger partial charge on any atom is 0.213 e. The van der Waals surface area contributed by atoms with Crippen molar-refractivity contribution in [2.24, 2.45) is 11.3 Å². The average molecular weight is 550 g/mol. The molecule has 2 N–H and O–H groups in total. The van der Waals surface area contributed by atoms with Gasteiger partial charge in [0.2, 0.25) is 5.95 Å². The lowest BCUT2D eigenvalue weighted by atomic mass is 9.50. The van der Waals surface area contributed by atoms with Crippen LogP contribution in [0, 0.1) is 46.9 Å². The van der Waals surface area contributed by atoms with Crippen molar-refractivity contribution in [2.45, 2.75) is 71.5 Å². The molecule has 4 aromatic rings. The van der Waals surface area contributed by atoms with Gasteiger partial charge in [-0.15, -0.1) is 5.10 Å². The van der Waals surface area contributed by atoms with E-state index in [1.54, 1.807) is 19.1 Å². The molecule has 2 bridgehead atoms. The first kappa shape index (κ1) is 26.6. The van der Waals surface area contributed by atoms with E-state index >= 15 is 0 Å². The van der Waals surface area contributed by atoms with Gasteiger partial charge in [0.15, 0.2) is 0 Å². The second-order valence-electron chi connectivity index (χ2n) is 12.6. The van der Waals surface area contributed by atoms with E-state index in [1.807, 2.05) is 16.9 Å². The molecular weight excluding hydrogens is 517 g/mol. The minimum Gasteiger partial charge on any atom is -0.380 e. The Hall–Kier alpha value is -4.57. The number of anilines is 2. The number of nitriles is 2. The predicted octanol–water partition coefficient (Wildman–Crippen LogP) is 5.97. The van der Waals surface area contributed by atoms with Crippen LogP contribution in [0.3, 0.4) is 0 Å². The second-order valence-corrected chi connectivity index (χ2v) is 12.6. The van der Waals surface area contributed by atoms with Crippen molar-refractivity contribution in [3.05, 3.63) is 70.7 Å². The summed E-state index contributed by atoms with van der Waals surface area (Å²) in [4.78, 5) is 8.53. The molecule has 3 heterocycles. The van der Waals surface area contributed by atoms with Gasteiger partial charge >= 0.3 is 0 Å². The molecule has 0 amide bonds. The molecule has 41 heavy (non-hydrogen) atoms. The monoisotopic (exact) mass is 549 g/mol. The number of hydrogen-bond acceptors (Lipinski definition) is 8. The van der Waals surface area contributed by atoms with Gasteiger partial charge in [0.05, 0.1) is 40.1 Å². The Bertz CT molecular complexity index is 1740. The third kappa shape index (κ3) is 4.54. The second kappa shape index (κ2) is 9.52. The van der Waals surface area contributed by atoms with E-state index in [2.05, 4.69) is 70.7 Å². The molecule has 3 fully saturated rings. The number of benzene rings is 1. The van der Waals surface area contributed by atoms with Gasteiger partial charge in [-0.25, -0.2) is 9.67 Å². The van der Waals surface area contributed by atoms with E-state index in [1.165, 1.54) is 12.3 Å². The summed E-state index contributed by atoms with van der Waals surface area (Å²) >= 11 is 0. The summed E-state index contributed by atoms with van der Waals surface area (Å²) in [7, 11) is 0. The third-order valence-corrected chi connectivity index (χ3v) is 8.89. The van der Waals surface area contributed by atoms with E-state index in [0.717, 1.165) is 30.7 Å². The van der Waals surface area contributed by atoms with E-state index in [0.29, 0.717) is 44.8 Å². The third-order valence-electron chi connectivity index (χ3n) is 8.89. The van der Waals surface area contributed by atoms with E-state index in [9.17, 15) is 14.9 Å². The highest BCUT2D eigenvalue weighted by molar-refractivity contribution is 5.99. The van der Waals surface area contributed by atoms with E-state index in [-0.39, 0.29) is 17.0 Å². The predicted molar refractivity (Wildman–Crippen MR) is 153 cm³/mol. The minimum absolute atomic E-state index is 0.0232. The molecule has 3 aliphatic carbocycles. The van der Waals surface area contributed by atoms with Crippen LogP contribution in [0.15, 0.2) is 36.7 Å². The Morgan fingerprint density at radius 3 is 2.44 bits per heavy atom. The van der Waals surface area contributed by atoms with Crippen LogP contribution in [0.1, 0.15) is 81.1 Å². The van der Waals surface area contributed by atoms with Gasteiger partial charge in [-0.1, -0.05) is 32.1 Å². The molecule has 10 heteroatoms. The highest BCUT2D eigenvalue weighted by Crippen LogP contribution is 2.62. The number of aromatic nitrogens is 5. The summed E-state index contributed by atoms with van der Waals surface area (Å²) in [5.74, 6) is 0.233. The highest BCUT2D eigenvalue weighted by atomic mass is 19.1. The summed E-state index contributed by atoms with van der Waals surface area (Å²) in [5.41, 5.74) is 4.46. The van der Waals surface area contributed by atoms with Crippen molar-refractivity contribution in [2.75, 3.05) is 10.6 Å². The van der Waals surface area contributed by atoms with Crippen LogP contribution in [0.5, 0.6) is 0 Å². The van der Waals surface area contributed by atoms with Crippen molar-refractivity contribution >= 4 is 22.3 Å². The lowest BCUT2D eigenvalue weighted by Crippen LogP contribution is -2.59. The summed E-state index contributed by atoms with van der Waals surface area (Å²) in [6.07, 6.45) is 6.84. The molecule has 1 unspecified atom stereocenters. The number of nitrogens with zero attached hydrogens (tertiary/aromatic N) is 7. The number of nitrogens with one attached hydrogen (secondary N) is 2. The van der Waals surface area contributed by atoms with Gasteiger partial charge in [-0.05, 0) is 62.6 Å². The van der Waals surface area contributed by atoms with Crippen molar-refractivity contribution < 1.29 is 4.39 Å². The molecule has 3 aliphatic rings. The van der Waals surface area contributed by atoms with Gasteiger partial charge in [-0.3, -0.25) is 4.98 Å². The van der Waals surface area contributed by atoms with E-state index < -0.39 is 12.0 Å². The number of hydrogen-bond donors (Lipinski definition) is 2. The summed E-state index contributed by atoms with van der Waals surface area (Å²) in [5, 5.41) is 36.7. The van der Waals surface area contributed by atoms with Crippen LogP contribution in [0.2, 0.25) is 0 Å². The smallest absolute Gasteiger partial charge is 0.213 e. The lowest BCUT2D eigenvalue weighted by molar-refractivity contribution is -0.0989. The standard InChI is InChI=1S/C31H32FN9/c1-17-23(6-7-26(32)36-17)29(25-16-41(40-39-25)31-10-19(11-31)12-31)38-22-8-20(13-33)27-24(9-22)28(21(14-34)15-35-27)37-18(2)30(3,4)5/h6-9,15-16,18-19,29,38H,10-12H2,1-5H3,(H,35,37)/t18?,19?,29-,31?/m0/s1. The number of halogens is 1. The van der Waals surface area contributed by atoms with Gasteiger partial charge in [-0.2, -0.15) is 14.9 Å². The minimum atomic E-state index is -0.557. The molecule has 3 aromatic heterocycles. The average Bonchev–Trinajstić information content (AvgIpc) is 3.34. The molecule has 0 saturated heterocycles. The maximum atomic E-state index is 14.0. The normalized spacial score (nSPS) is 20.7. The zero-order valence-electron chi connectivity index (χ0n) is 23.8. The van der Waals surface area contributed by atoms with Gasteiger partial charge in [0.1, 0.15) is 17.8 Å². The van der Waals surface area contributed by atoms with E-state index in [4.69, 9.17) is 0 Å². The Morgan fingerprint density at radius 1 is 1.10 bits per heavy atom. The highest BCUT2D eigenvalue weighted by Gasteiger charge is 2.59. The molecule has 0 radical (unpaired) electrons. The molecule has 1 aromatic carbocycles. The van der Waals surface area contributed by atoms with Crippen molar-refractivity contribution in [1.29, 1.82) is 10.5 Å². The van der Waals surface area contributed by atoms with Crippen LogP contribution in [-0.4, -0.2) is 31.0 Å². The van der Waals surface area contributed by atoms with Crippen molar-refractivity contribution in [3.8, 4) is 12.1 Å². The number of pyridine rings is 2. The molecule has 208 valence electrons. The molecular formula is C31H32FN9. The number of aryl methyl sites for hydroxylation is 1. The molecule has 2 atom stereocenters. The van der Waals surface area contributed by atoms with Crippen molar-refractivity contribution in [1.82, 2.24) is 25.0 Å². The number of rotatable bonds is 7. The summed E-state index contributed by atoms with van der Waals surface area (Å²) < 4.78 is 16.0. The molecule has 3 saturated carbocycles. The Balaban J connectivity index is 1.46. The zero-order chi connectivity index (χ0) is 29.1. The van der Waals surface area contributed by atoms with Crippen LogP contribution in [0.25, 0.3) is 10.9 Å². The van der Waals surface area contributed by atoms with Crippen LogP contribution < -0.4 is 10.6 Å².